The van der Waals surface area contributed by atoms with E-state index in [0.717, 1.165) is 16.7 Å². The van der Waals surface area contributed by atoms with Crippen LogP contribution in [0.3, 0.4) is 0 Å². The van der Waals surface area contributed by atoms with Gasteiger partial charge in [-0.3, -0.25) is 4.79 Å². The van der Waals surface area contributed by atoms with E-state index in [-0.39, 0.29) is 18.0 Å². The highest BCUT2D eigenvalue weighted by molar-refractivity contribution is 8.21. The number of thioether (sulfide) groups is 2. The molecule has 0 saturated heterocycles. The standard InChI is InChI=1S/C17H22O3S2/c1-7-20-16(19)14(17(21-5)22-6)15(18)13-9-11(3)10(2)8-12(13)4/h8-9H,7H2,1-6H3. The zero-order valence-electron chi connectivity index (χ0n) is 13.9. The minimum Gasteiger partial charge on any atom is -0.462 e. The normalized spacial score (nSPS) is 10.3. The number of rotatable bonds is 6. The summed E-state index contributed by atoms with van der Waals surface area (Å²) in [7, 11) is 0. The Hall–Kier alpha value is -1.20. The predicted molar refractivity (Wildman–Crippen MR) is 95.7 cm³/mol. The molecule has 0 bridgehead atoms. The number of ketones is 1. The van der Waals surface area contributed by atoms with E-state index in [1.54, 1.807) is 6.92 Å². The first-order valence-corrected chi connectivity index (χ1v) is 9.44. The molecule has 0 heterocycles. The molecule has 3 nitrogen and oxygen atoms in total. The van der Waals surface area contributed by atoms with Gasteiger partial charge in [0.05, 0.1) is 10.8 Å². The number of carbonyl (C=O) groups is 2. The lowest BCUT2D eigenvalue weighted by Gasteiger charge is -2.13. The Bertz CT molecular complexity index is 613. The number of ether oxygens (including phenoxy) is 1. The van der Waals surface area contributed by atoms with E-state index in [4.69, 9.17) is 4.74 Å². The molecule has 0 aliphatic carbocycles. The van der Waals surface area contributed by atoms with Gasteiger partial charge in [-0.2, -0.15) is 0 Å². The fourth-order valence-electron chi connectivity index (χ4n) is 2.10. The molecule has 0 radical (unpaired) electrons. The average molecular weight is 338 g/mol. The van der Waals surface area contributed by atoms with Gasteiger partial charge in [0.1, 0.15) is 5.57 Å². The van der Waals surface area contributed by atoms with Crippen molar-refractivity contribution in [1.29, 1.82) is 0 Å². The van der Waals surface area contributed by atoms with Crippen molar-refractivity contribution in [1.82, 2.24) is 0 Å². The van der Waals surface area contributed by atoms with Crippen molar-refractivity contribution in [3.8, 4) is 0 Å². The average Bonchev–Trinajstić information content (AvgIpc) is 2.47. The molecule has 1 aromatic rings. The van der Waals surface area contributed by atoms with Crippen LogP contribution in [-0.2, 0) is 9.53 Å². The third-order valence-electron chi connectivity index (χ3n) is 3.37. The highest BCUT2D eigenvalue weighted by Gasteiger charge is 2.26. The molecule has 0 saturated carbocycles. The summed E-state index contributed by atoms with van der Waals surface area (Å²) in [5.41, 5.74) is 3.73. The summed E-state index contributed by atoms with van der Waals surface area (Å²) in [5, 5.41) is 0. The molecule has 120 valence electrons. The van der Waals surface area contributed by atoms with E-state index < -0.39 is 5.97 Å². The topological polar surface area (TPSA) is 43.4 Å². The number of aryl methyl sites for hydroxylation is 3. The number of Topliss-reactive ketones (excluding diaryl/α,β-unsaturated/α-hetero) is 1. The molecular formula is C17H22O3S2. The molecule has 1 rings (SSSR count). The van der Waals surface area contributed by atoms with Crippen LogP contribution < -0.4 is 0 Å². The Morgan fingerprint density at radius 2 is 1.55 bits per heavy atom. The summed E-state index contributed by atoms with van der Waals surface area (Å²) in [6.45, 7) is 7.84. The predicted octanol–water partition coefficient (Wildman–Crippen LogP) is 4.30. The maximum absolute atomic E-state index is 12.9. The summed E-state index contributed by atoms with van der Waals surface area (Å²) in [4.78, 5) is 25.2. The zero-order chi connectivity index (χ0) is 16.9. The summed E-state index contributed by atoms with van der Waals surface area (Å²) in [6, 6.07) is 3.83. The lowest BCUT2D eigenvalue weighted by molar-refractivity contribution is -0.138. The van der Waals surface area contributed by atoms with E-state index in [9.17, 15) is 9.59 Å². The molecule has 0 aliphatic rings. The third-order valence-corrected chi connectivity index (χ3v) is 5.52. The number of esters is 1. The quantitative estimate of drug-likeness (QED) is 0.254. The summed E-state index contributed by atoms with van der Waals surface area (Å²) in [6.07, 6.45) is 3.71. The fraction of sp³-hybridized carbons (Fsp3) is 0.412. The smallest absolute Gasteiger partial charge is 0.343 e. The van der Waals surface area contributed by atoms with Gasteiger partial charge in [-0.25, -0.2) is 4.79 Å². The first-order chi connectivity index (χ1) is 10.4. The summed E-state index contributed by atoms with van der Waals surface area (Å²) >= 11 is 2.78. The molecule has 0 amide bonds. The highest BCUT2D eigenvalue weighted by Crippen LogP contribution is 2.31. The van der Waals surface area contributed by atoms with Gasteiger partial charge in [0.2, 0.25) is 5.78 Å². The van der Waals surface area contributed by atoms with Gasteiger partial charge in [0.15, 0.2) is 0 Å². The second kappa shape index (κ2) is 8.44. The van der Waals surface area contributed by atoms with Crippen LogP contribution in [0, 0.1) is 20.8 Å². The number of benzene rings is 1. The maximum atomic E-state index is 12.9. The van der Waals surface area contributed by atoms with Crippen molar-refractivity contribution in [2.45, 2.75) is 27.7 Å². The highest BCUT2D eigenvalue weighted by atomic mass is 32.2. The second-order valence-corrected chi connectivity index (χ2v) is 6.76. The van der Waals surface area contributed by atoms with Crippen molar-refractivity contribution in [3.05, 3.63) is 44.2 Å². The van der Waals surface area contributed by atoms with Crippen LogP contribution in [0.2, 0.25) is 0 Å². The SMILES string of the molecule is CCOC(=O)C(C(=O)c1cc(C)c(C)cc1C)=C(SC)SC. The molecule has 0 unspecified atom stereocenters. The van der Waals surface area contributed by atoms with Crippen LogP contribution in [0.25, 0.3) is 0 Å². The maximum Gasteiger partial charge on any atom is 0.343 e. The Kier molecular flexibility index (Phi) is 7.23. The van der Waals surface area contributed by atoms with Crippen LogP contribution in [-0.4, -0.2) is 30.9 Å². The van der Waals surface area contributed by atoms with Gasteiger partial charge in [-0.05, 0) is 63.0 Å². The van der Waals surface area contributed by atoms with Gasteiger partial charge < -0.3 is 4.74 Å². The van der Waals surface area contributed by atoms with E-state index >= 15 is 0 Å². The Morgan fingerprint density at radius 1 is 1.00 bits per heavy atom. The van der Waals surface area contributed by atoms with E-state index in [1.807, 2.05) is 45.4 Å². The second-order valence-electron chi connectivity index (χ2n) is 4.87. The van der Waals surface area contributed by atoms with Crippen molar-refractivity contribution in [2.24, 2.45) is 0 Å². The largest absolute Gasteiger partial charge is 0.462 e. The van der Waals surface area contributed by atoms with Crippen molar-refractivity contribution in [3.63, 3.8) is 0 Å². The minimum absolute atomic E-state index is 0.133. The molecule has 0 fully saturated rings. The minimum atomic E-state index is -0.552. The van der Waals surface area contributed by atoms with Crippen molar-refractivity contribution in [2.75, 3.05) is 19.1 Å². The van der Waals surface area contributed by atoms with Gasteiger partial charge in [0.25, 0.3) is 0 Å². The lowest BCUT2D eigenvalue weighted by atomic mass is 9.95. The first-order valence-electron chi connectivity index (χ1n) is 6.99. The van der Waals surface area contributed by atoms with Crippen molar-refractivity contribution < 1.29 is 14.3 Å². The Labute approximate surface area is 140 Å². The number of hydrogen-bond donors (Lipinski definition) is 0. The molecule has 0 aliphatic heterocycles. The van der Waals surface area contributed by atoms with Gasteiger partial charge in [-0.15, -0.1) is 23.5 Å². The number of carbonyl (C=O) groups excluding carboxylic acids is 2. The van der Waals surface area contributed by atoms with Crippen LogP contribution in [0.15, 0.2) is 21.9 Å². The summed E-state index contributed by atoms with van der Waals surface area (Å²) in [5.74, 6) is -0.818. The fourth-order valence-corrected chi connectivity index (χ4v) is 3.53. The van der Waals surface area contributed by atoms with E-state index in [0.29, 0.717) is 9.80 Å². The molecule has 0 spiro atoms. The van der Waals surface area contributed by atoms with Crippen molar-refractivity contribution >= 4 is 35.3 Å². The molecule has 22 heavy (non-hydrogen) atoms. The van der Waals surface area contributed by atoms with Gasteiger partial charge in [-0.1, -0.05) is 6.07 Å². The zero-order valence-corrected chi connectivity index (χ0v) is 15.5. The van der Waals surface area contributed by atoms with Crippen LogP contribution in [0.4, 0.5) is 0 Å². The third kappa shape index (κ3) is 4.17. The Morgan fingerprint density at radius 3 is 2.05 bits per heavy atom. The monoisotopic (exact) mass is 338 g/mol. The van der Waals surface area contributed by atoms with E-state index in [1.165, 1.54) is 23.5 Å². The number of hydrogen-bond acceptors (Lipinski definition) is 5. The molecular weight excluding hydrogens is 316 g/mol. The van der Waals surface area contributed by atoms with Crippen LogP contribution in [0.5, 0.6) is 0 Å². The van der Waals surface area contributed by atoms with Crippen LogP contribution >= 0.6 is 23.5 Å². The van der Waals surface area contributed by atoms with Gasteiger partial charge >= 0.3 is 5.97 Å². The molecule has 1 aromatic carbocycles. The van der Waals surface area contributed by atoms with E-state index in [2.05, 4.69) is 0 Å². The Balaban J connectivity index is 3.44. The molecule has 0 atom stereocenters. The lowest BCUT2D eigenvalue weighted by Crippen LogP contribution is -2.18. The molecule has 0 N–H and O–H groups in total. The molecule has 0 aromatic heterocycles. The van der Waals surface area contributed by atoms with Gasteiger partial charge in [0, 0.05) is 5.56 Å². The van der Waals surface area contributed by atoms with Crippen LogP contribution in [0.1, 0.15) is 34.0 Å². The first kappa shape index (κ1) is 18.8. The molecule has 5 heteroatoms. The summed E-state index contributed by atoms with van der Waals surface area (Å²) < 4.78 is 5.76.